The predicted molar refractivity (Wildman–Crippen MR) is 30.2 cm³/mol. The number of hydrogen-bond acceptors (Lipinski definition) is 4. The molecule has 1 amide bonds. The zero-order chi connectivity index (χ0) is 7.49. The van der Waals surface area contributed by atoms with Gasteiger partial charge in [0.25, 0.3) is 0 Å². The van der Waals surface area contributed by atoms with E-state index in [1.807, 2.05) is 0 Å². The Kier molecular flexibility index (Phi) is 2.91. The van der Waals surface area contributed by atoms with Gasteiger partial charge in [-0.1, -0.05) is 12.6 Å². The Balaban J connectivity index is 3.67. The molecule has 0 spiro atoms. The van der Waals surface area contributed by atoms with Crippen molar-refractivity contribution in [3.05, 3.63) is 0 Å². The Morgan fingerprint density at radius 1 is 1.67 bits per heavy atom. The van der Waals surface area contributed by atoms with Crippen molar-refractivity contribution in [1.29, 1.82) is 0 Å². The SMILES string of the molecule is O=C(S)NOS(=O)(=O)O. The van der Waals surface area contributed by atoms with Crippen molar-refractivity contribution in [3.8, 4) is 0 Å². The maximum Gasteiger partial charge on any atom is 0.418 e. The molecule has 0 aromatic heterocycles. The number of carbonyl (C=O) groups is 1. The minimum absolute atomic E-state index is 1.02. The van der Waals surface area contributed by atoms with E-state index in [2.05, 4.69) is 16.9 Å². The summed E-state index contributed by atoms with van der Waals surface area (Å²) in [5, 5.41) is -1.02. The van der Waals surface area contributed by atoms with Gasteiger partial charge in [-0.05, 0) is 0 Å². The van der Waals surface area contributed by atoms with Crippen molar-refractivity contribution in [2.24, 2.45) is 0 Å². The van der Waals surface area contributed by atoms with Crippen LogP contribution in [0.15, 0.2) is 0 Å². The van der Waals surface area contributed by atoms with Crippen LogP contribution in [0.5, 0.6) is 0 Å². The Morgan fingerprint density at radius 2 is 2.11 bits per heavy atom. The molecule has 0 aromatic carbocycles. The van der Waals surface area contributed by atoms with Crippen LogP contribution in [-0.2, 0) is 14.7 Å². The highest BCUT2D eigenvalue weighted by Gasteiger charge is 2.04. The molecular weight excluding hydrogens is 170 g/mol. The zero-order valence-corrected chi connectivity index (χ0v) is 5.65. The third-order valence-electron chi connectivity index (χ3n) is 0.234. The summed E-state index contributed by atoms with van der Waals surface area (Å²) >= 11 is 3.06. The van der Waals surface area contributed by atoms with Gasteiger partial charge < -0.3 is 0 Å². The molecule has 2 N–H and O–H groups in total. The minimum Gasteiger partial charge on any atom is -0.262 e. The summed E-state index contributed by atoms with van der Waals surface area (Å²) in [4.78, 5) is 9.74. The molecule has 0 saturated carbocycles. The number of carbonyl (C=O) groups excluding carboxylic acids is 1. The molecule has 6 nitrogen and oxygen atoms in total. The third kappa shape index (κ3) is 7.69. The summed E-state index contributed by atoms with van der Waals surface area (Å²) in [6, 6.07) is 0. The molecule has 0 radical (unpaired) electrons. The van der Waals surface area contributed by atoms with Gasteiger partial charge in [0, 0.05) is 0 Å². The first-order chi connectivity index (χ1) is 3.92. The molecule has 0 atom stereocenters. The standard InChI is InChI=1S/CH3NO5S2/c3-1(8)2-7-9(4,5)6/h(H2,2,3,8)(H,4,5,6). The Labute approximate surface area is 56.5 Å². The van der Waals surface area contributed by atoms with E-state index in [1.165, 1.54) is 5.48 Å². The van der Waals surface area contributed by atoms with Crippen LogP contribution in [0, 0.1) is 0 Å². The van der Waals surface area contributed by atoms with Crippen molar-refractivity contribution >= 4 is 28.3 Å². The Bertz CT molecular complexity index is 193. The molecule has 0 fully saturated rings. The number of rotatable bonds is 2. The molecule has 0 rings (SSSR count). The van der Waals surface area contributed by atoms with Gasteiger partial charge in [-0.15, -0.1) is 4.28 Å². The van der Waals surface area contributed by atoms with Gasteiger partial charge in [-0.2, -0.15) is 8.42 Å². The molecule has 0 saturated heterocycles. The lowest BCUT2D eigenvalue weighted by molar-refractivity contribution is 0.184. The fourth-order valence-corrected chi connectivity index (χ4v) is 0.377. The van der Waals surface area contributed by atoms with E-state index in [1.54, 1.807) is 0 Å². The molecule has 9 heavy (non-hydrogen) atoms. The van der Waals surface area contributed by atoms with E-state index < -0.39 is 15.6 Å². The number of hydroxylamine groups is 1. The highest BCUT2D eigenvalue weighted by molar-refractivity contribution is 7.96. The molecule has 0 aliphatic rings. The fraction of sp³-hybridized carbons (Fsp3) is 0. The fourth-order valence-electron chi connectivity index (χ4n) is 0.0883. The first kappa shape index (κ1) is 8.69. The molecule has 0 heterocycles. The first-order valence-corrected chi connectivity index (χ1v) is 3.38. The molecule has 0 aliphatic carbocycles. The van der Waals surface area contributed by atoms with Gasteiger partial charge in [0.1, 0.15) is 0 Å². The summed E-state index contributed by atoms with van der Waals surface area (Å²) in [7, 11) is -4.60. The van der Waals surface area contributed by atoms with Crippen LogP contribution in [0.4, 0.5) is 4.79 Å². The second kappa shape index (κ2) is 3.01. The van der Waals surface area contributed by atoms with Crippen molar-refractivity contribution < 1.29 is 22.0 Å². The maximum absolute atomic E-state index is 9.74. The highest BCUT2D eigenvalue weighted by Crippen LogP contribution is 1.82. The van der Waals surface area contributed by atoms with E-state index in [0.29, 0.717) is 0 Å². The van der Waals surface area contributed by atoms with Crippen LogP contribution in [0.25, 0.3) is 0 Å². The quantitative estimate of drug-likeness (QED) is 0.293. The van der Waals surface area contributed by atoms with Crippen LogP contribution < -0.4 is 5.48 Å². The van der Waals surface area contributed by atoms with Gasteiger partial charge in [-0.3, -0.25) is 9.35 Å². The summed E-state index contributed by atoms with van der Waals surface area (Å²) in [5.41, 5.74) is 1.27. The maximum atomic E-state index is 9.74. The predicted octanol–water partition coefficient (Wildman–Crippen LogP) is -0.640. The number of amides is 1. The first-order valence-electron chi connectivity index (χ1n) is 1.56. The van der Waals surface area contributed by atoms with Crippen molar-refractivity contribution in [3.63, 3.8) is 0 Å². The molecule has 0 unspecified atom stereocenters. The molecular formula is CH3NO5S2. The Hall–Kier alpha value is -0.310. The largest absolute Gasteiger partial charge is 0.418 e. The van der Waals surface area contributed by atoms with E-state index in [0.717, 1.165) is 0 Å². The monoisotopic (exact) mass is 173 g/mol. The lowest BCUT2D eigenvalue weighted by Gasteiger charge is -1.94. The van der Waals surface area contributed by atoms with Gasteiger partial charge in [0.2, 0.25) is 0 Å². The van der Waals surface area contributed by atoms with Crippen LogP contribution in [0.1, 0.15) is 0 Å². The number of thiol groups is 1. The summed E-state index contributed by atoms with van der Waals surface area (Å²) in [5.74, 6) is 0. The van der Waals surface area contributed by atoms with Gasteiger partial charge in [0.15, 0.2) is 0 Å². The second-order valence-corrected chi connectivity index (χ2v) is 2.35. The van der Waals surface area contributed by atoms with Crippen LogP contribution in [-0.4, -0.2) is 18.2 Å². The molecule has 8 heteroatoms. The summed E-state index contributed by atoms with van der Waals surface area (Å²) in [6.07, 6.45) is 0. The lowest BCUT2D eigenvalue weighted by Crippen LogP contribution is -2.21. The normalized spacial score (nSPS) is 10.9. The minimum atomic E-state index is -4.60. The van der Waals surface area contributed by atoms with E-state index >= 15 is 0 Å². The number of hydrogen-bond donors (Lipinski definition) is 3. The van der Waals surface area contributed by atoms with E-state index in [9.17, 15) is 13.2 Å². The average Bonchev–Trinajstić information content (AvgIpc) is 1.59. The van der Waals surface area contributed by atoms with Gasteiger partial charge in [0.05, 0.1) is 0 Å². The van der Waals surface area contributed by atoms with Gasteiger partial charge in [-0.25, -0.2) is 5.48 Å². The topological polar surface area (TPSA) is 92.7 Å². The van der Waals surface area contributed by atoms with Gasteiger partial charge >= 0.3 is 15.6 Å². The lowest BCUT2D eigenvalue weighted by atomic mass is 11.4. The summed E-state index contributed by atoms with van der Waals surface area (Å²) < 4.78 is 30.4. The Morgan fingerprint density at radius 3 is 2.22 bits per heavy atom. The van der Waals surface area contributed by atoms with Crippen LogP contribution >= 0.6 is 12.6 Å². The smallest absolute Gasteiger partial charge is 0.262 e. The molecule has 0 bridgehead atoms. The average molecular weight is 173 g/mol. The van der Waals surface area contributed by atoms with E-state index in [-0.39, 0.29) is 0 Å². The van der Waals surface area contributed by atoms with Crippen molar-refractivity contribution in [1.82, 2.24) is 5.48 Å². The highest BCUT2D eigenvalue weighted by atomic mass is 32.3. The number of nitrogens with one attached hydrogen (secondary N) is 1. The van der Waals surface area contributed by atoms with E-state index in [4.69, 9.17) is 4.55 Å². The third-order valence-corrected chi connectivity index (χ3v) is 0.620. The molecule has 54 valence electrons. The molecule has 0 aliphatic heterocycles. The summed E-state index contributed by atoms with van der Waals surface area (Å²) in [6.45, 7) is 0. The van der Waals surface area contributed by atoms with Crippen molar-refractivity contribution in [2.75, 3.05) is 0 Å². The van der Waals surface area contributed by atoms with Crippen molar-refractivity contribution in [2.45, 2.75) is 0 Å². The zero-order valence-electron chi connectivity index (χ0n) is 3.94. The molecule has 0 aromatic rings. The second-order valence-electron chi connectivity index (χ2n) is 0.918. The van der Waals surface area contributed by atoms with Crippen LogP contribution in [0.3, 0.4) is 0 Å². The van der Waals surface area contributed by atoms with Crippen LogP contribution in [0.2, 0.25) is 0 Å².